The number of aryl methyl sites for hydroxylation is 1. The lowest BCUT2D eigenvalue weighted by Crippen LogP contribution is -2.45. The minimum atomic E-state index is -0.225. The van der Waals surface area contributed by atoms with Crippen LogP contribution in [0.1, 0.15) is 23.7 Å². The van der Waals surface area contributed by atoms with Gasteiger partial charge in [0.05, 0.1) is 18.1 Å². The summed E-state index contributed by atoms with van der Waals surface area (Å²) in [5, 5.41) is 4.36. The maximum Gasteiger partial charge on any atom is 0.221 e. The predicted molar refractivity (Wildman–Crippen MR) is 98.2 cm³/mol. The topological polar surface area (TPSA) is 62.7 Å². The van der Waals surface area contributed by atoms with Crippen molar-refractivity contribution in [3.63, 3.8) is 0 Å². The number of benzene rings is 1. The third-order valence-electron chi connectivity index (χ3n) is 4.57. The molecule has 1 saturated heterocycles. The Morgan fingerprint density at radius 1 is 1.24 bits per heavy atom. The van der Waals surface area contributed by atoms with Gasteiger partial charge < -0.3 is 10.6 Å². The van der Waals surface area contributed by atoms with E-state index < -0.39 is 0 Å². The lowest BCUT2D eigenvalue weighted by Gasteiger charge is -2.34. The molecule has 2 heterocycles. The molecule has 134 valence electrons. The first kappa shape index (κ1) is 17.6. The minimum Gasteiger partial charge on any atom is -0.368 e. The molecule has 1 aromatic carbocycles. The summed E-state index contributed by atoms with van der Waals surface area (Å²) >= 11 is 0. The number of rotatable bonds is 5. The highest BCUT2D eigenvalue weighted by molar-refractivity contribution is 5.81. The van der Waals surface area contributed by atoms with Crippen molar-refractivity contribution in [3.8, 4) is 0 Å². The van der Waals surface area contributed by atoms with Gasteiger partial charge in [-0.25, -0.2) is 14.1 Å². The quantitative estimate of drug-likeness (QED) is 0.842. The van der Waals surface area contributed by atoms with E-state index in [1.807, 2.05) is 6.92 Å². The Morgan fingerprint density at radius 2 is 1.96 bits per heavy atom. The Morgan fingerprint density at radius 3 is 2.60 bits per heavy atom. The zero-order valence-corrected chi connectivity index (χ0v) is 14.8. The predicted octanol–water partition coefficient (Wildman–Crippen LogP) is 1.93. The van der Waals surface area contributed by atoms with Crippen LogP contribution in [0, 0.1) is 12.7 Å². The van der Waals surface area contributed by atoms with Crippen molar-refractivity contribution in [2.24, 2.45) is 5.10 Å². The number of aromatic nitrogens is 2. The molecule has 3 rings (SSSR count). The first-order valence-electron chi connectivity index (χ1n) is 8.64. The molecule has 7 heteroatoms. The fraction of sp³-hybridized carbons (Fsp3) is 0.444. The molecule has 2 aromatic rings. The molecule has 0 saturated carbocycles. The first-order valence-corrected chi connectivity index (χ1v) is 8.64. The van der Waals surface area contributed by atoms with Crippen molar-refractivity contribution >= 4 is 12.2 Å². The Labute approximate surface area is 147 Å². The highest BCUT2D eigenvalue weighted by Crippen LogP contribution is 2.15. The number of nitrogens with two attached hydrogens (primary N) is 1. The number of anilines is 1. The normalized spacial score (nSPS) is 16.8. The second-order valence-electron chi connectivity index (χ2n) is 6.38. The lowest BCUT2D eigenvalue weighted by molar-refractivity contribution is 0.132. The van der Waals surface area contributed by atoms with E-state index in [0.29, 0.717) is 5.95 Å². The van der Waals surface area contributed by atoms with Gasteiger partial charge in [0.1, 0.15) is 5.82 Å². The number of imidazole rings is 1. The van der Waals surface area contributed by atoms with Crippen LogP contribution in [0.3, 0.4) is 0 Å². The molecule has 0 spiro atoms. The minimum absolute atomic E-state index is 0.225. The first-order chi connectivity index (χ1) is 12.0. The third-order valence-corrected chi connectivity index (χ3v) is 4.57. The third kappa shape index (κ3) is 4.43. The number of halogens is 1. The van der Waals surface area contributed by atoms with E-state index in [1.54, 1.807) is 24.5 Å². The van der Waals surface area contributed by atoms with Gasteiger partial charge in [-0.05, 0) is 36.7 Å². The van der Waals surface area contributed by atoms with Gasteiger partial charge in [-0.15, -0.1) is 0 Å². The lowest BCUT2D eigenvalue weighted by atomic mass is 10.1. The second-order valence-corrected chi connectivity index (χ2v) is 6.38. The average molecular weight is 344 g/mol. The van der Waals surface area contributed by atoms with E-state index >= 15 is 0 Å². The van der Waals surface area contributed by atoms with Crippen LogP contribution in [0.2, 0.25) is 0 Å². The molecule has 2 N–H and O–H groups in total. The molecule has 0 bridgehead atoms. The zero-order chi connectivity index (χ0) is 17.8. The number of piperazine rings is 1. The summed E-state index contributed by atoms with van der Waals surface area (Å²) in [4.78, 5) is 8.90. The summed E-state index contributed by atoms with van der Waals surface area (Å²) in [6.07, 6.45) is 3.48. The Bertz CT molecular complexity index is 746. The summed E-state index contributed by atoms with van der Waals surface area (Å²) in [7, 11) is 0. The van der Waals surface area contributed by atoms with Gasteiger partial charge >= 0.3 is 0 Å². The van der Waals surface area contributed by atoms with E-state index in [2.05, 4.69) is 26.8 Å². The summed E-state index contributed by atoms with van der Waals surface area (Å²) in [5.74, 6) is 0.116. The largest absolute Gasteiger partial charge is 0.368 e. The fourth-order valence-corrected chi connectivity index (χ4v) is 3.06. The number of likely N-dealkylation sites (N-methyl/N-ethyl adjacent to an activating group) is 1. The van der Waals surface area contributed by atoms with Crippen LogP contribution in [0.4, 0.5) is 10.3 Å². The summed E-state index contributed by atoms with van der Waals surface area (Å²) in [6, 6.07) is 4.81. The molecule has 0 atom stereocenters. The SMILES string of the molecule is CCN1CCN(Cc2cc(F)ccc2C=Nn2cc(C)nc2N)CC1. The van der Waals surface area contributed by atoms with E-state index in [1.165, 1.54) is 10.7 Å². The van der Waals surface area contributed by atoms with Crippen LogP contribution in [0.5, 0.6) is 0 Å². The maximum atomic E-state index is 13.7. The highest BCUT2D eigenvalue weighted by atomic mass is 19.1. The Kier molecular flexibility index (Phi) is 5.45. The molecule has 0 amide bonds. The highest BCUT2D eigenvalue weighted by Gasteiger charge is 2.16. The van der Waals surface area contributed by atoms with Crippen LogP contribution >= 0.6 is 0 Å². The number of hydrogen-bond acceptors (Lipinski definition) is 5. The molecule has 1 aliphatic rings. The Balaban J connectivity index is 1.75. The van der Waals surface area contributed by atoms with Gasteiger partial charge in [0.2, 0.25) is 5.95 Å². The van der Waals surface area contributed by atoms with Crippen LogP contribution in [-0.2, 0) is 6.54 Å². The second kappa shape index (κ2) is 7.76. The molecule has 6 nitrogen and oxygen atoms in total. The van der Waals surface area contributed by atoms with Gasteiger partial charge in [0.15, 0.2) is 0 Å². The van der Waals surface area contributed by atoms with E-state index in [-0.39, 0.29) is 5.82 Å². The Hall–Kier alpha value is -2.25. The van der Waals surface area contributed by atoms with Crippen molar-refractivity contribution in [2.45, 2.75) is 20.4 Å². The summed E-state index contributed by atoms with van der Waals surface area (Å²) < 4.78 is 15.3. The van der Waals surface area contributed by atoms with Gasteiger partial charge in [-0.3, -0.25) is 4.90 Å². The van der Waals surface area contributed by atoms with Crippen molar-refractivity contribution < 1.29 is 4.39 Å². The van der Waals surface area contributed by atoms with Crippen molar-refractivity contribution in [1.29, 1.82) is 0 Å². The van der Waals surface area contributed by atoms with Crippen molar-refractivity contribution in [1.82, 2.24) is 19.5 Å². The zero-order valence-electron chi connectivity index (χ0n) is 14.8. The van der Waals surface area contributed by atoms with Crippen LogP contribution in [0.25, 0.3) is 0 Å². The van der Waals surface area contributed by atoms with Gasteiger partial charge in [-0.2, -0.15) is 5.10 Å². The maximum absolute atomic E-state index is 13.7. The molecule has 0 unspecified atom stereocenters. The van der Waals surface area contributed by atoms with Gasteiger partial charge in [0, 0.05) is 32.7 Å². The van der Waals surface area contributed by atoms with Crippen molar-refractivity contribution in [2.75, 3.05) is 38.5 Å². The monoisotopic (exact) mass is 344 g/mol. The molecule has 1 fully saturated rings. The molecule has 25 heavy (non-hydrogen) atoms. The molecule has 1 aromatic heterocycles. The average Bonchev–Trinajstić information content (AvgIpc) is 2.92. The molecular weight excluding hydrogens is 319 g/mol. The van der Waals surface area contributed by atoms with E-state index in [9.17, 15) is 4.39 Å². The molecule has 1 aliphatic heterocycles. The van der Waals surface area contributed by atoms with E-state index in [4.69, 9.17) is 5.73 Å². The smallest absolute Gasteiger partial charge is 0.221 e. The molecule has 0 radical (unpaired) electrons. The summed E-state index contributed by atoms with van der Waals surface area (Å²) in [5.41, 5.74) is 8.44. The molecular formula is C18H25FN6. The van der Waals surface area contributed by atoms with Crippen LogP contribution in [-0.4, -0.2) is 58.4 Å². The van der Waals surface area contributed by atoms with Crippen molar-refractivity contribution in [3.05, 3.63) is 47.0 Å². The van der Waals surface area contributed by atoms with Gasteiger partial charge in [-0.1, -0.05) is 13.0 Å². The number of hydrogen-bond donors (Lipinski definition) is 1. The van der Waals surface area contributed by atoms with Crippen LogP contribution in [0.15, 0.2) is 29.5 Å². The molecule has 0 aliphatic carbocycles. The van der Waals surface area contributed by atoms with Gasteiger partial charge in [0.25, 0.3) is 0 Å². The fourth-order valence-electron chi connectivity index (χ4n) is 3.06. The summed E-state index contributed by atoms with van der Waals surface area (Å²) in [6.45, 7) is 9.94. The van der Waals surface area contributed by atoms with E-state index in [0.717, 1.165) is 56.1 Å². The standard InChI is InChI=1S/C18H25FN6/c1-3-23-6-8-24(9-7-23)13-16-10-17(19)5-4-15(16)11-21-25-12-14(2)22-18(25)20/h4-5,10-12H,3,6-9,13H2,1-2H3,(H2,20,22). The number of nitrogen functional groups attached to an aromatic ring is 1. The number of nitrogens with zero attached hydrogens (tertiary/aromatic N) is 5. The van der Waals surface area contributed by atoms with Crippen LogP contribution < -0.4 is 5.73 Å².